The van der Waals surface area contributed by atoms with E-state index in [0.29, 0.717) is 0 Å². The van der Waals surface area contributed by atoms with Crippen molar-refractivity contribution in [3.05, 3.63) is 158 Å². The van der Waals surface area contributed by atoms with Crippen molar-refractivity contribution in [1.82, 2.24) is 4.57 Å². The molecule has 0 amide bonds. The molecule has 7 aromatic rings. The quantitative estimate of drug-likeness (QED) is 0.234. The summed E-state index contributed by atoms with van der Waals surface area (Å²) in [6, 6.07) is 51.7. The Kier molecular flexibility index (Phi) is 5.99. The first-order valence-electron chi connectivity index (χ1n) is 13.6. The van der Waals surface area contributed by atoms with E-state index in [0.717, 1.165) is 16.9 Å². The number of benzene rings is 6. The highest BCUT2D eigenvalue weighted by molar-refractivity contribution is 6.10. The van der Waals surface area contributed by atoms with E-state index in [-0.39, 0.29) is 0 Å². The summed E-state index contributed by atoms with van der Waals surface area (Å²) >= 11 is 0. The van der Waals surface area contributed by atoms with Crippen LogP contribution in [0.25, 0.3) is 55.8 Å². The van der Waals surface area contributed by atoms with Gasteiger partial charge in [0.1, 0.15) is 0 Å². The van der Waals surface area contributed by atoms with Crippen LogP contribution in [-0.2, 0) is 0 Å². The maximum Gasteiger partial charge on any atom is 0.0541 e. The van der Waals surface area contributed by atoms with Crippen LogP contribution in [0.4, 0.5) is 11.4 Å². The molecule has 0 aliphatic heterocycles. The molecule has 0 spiro atoms. The molecular formula is C38H28N2. The van der Waals surface area contributed by atoms with Gasteiger partial charge in [0.2, 0.25) is 0 Å². The molecule has 0 aliphatic rings. The van der Waals surface area contributed by atoms with Crippen LogP contribution in [0.1, 0.15) is 5.56 Å². The van der Waals surface area contributed by atoms with E-state index in [2.05, 4.69) is 162 Å². The Labute approximate surface area is 234 Å². The molecule has 0 aliphatic carbocycles. The molecule has 7 rings (SSSR count). The highest BCUT2D eigenvalue weighted by Crippen LogP contribution is 2.35. The van der Waals surface area contributed by atoms with E-state index in [4.69, 9.17) is 0 Å². The van der Waals surface area contributed by atoms with Gasteiger partial charge >= 0.3 is 0 Å². The third-order valence-electron chi connectivity index (χ3n) is 7.56. The number of rotatable bonds is 6. The molecule has 0 bridgehead atoms. The Hall–Kier alpha value is -5.34. The van der Waals surface area contributed by atoms with E-state index in [1.54, 1.807) is 0 Å². The number of aromatic nitrogens is 1. The van der Waals surface area contributed by atoms with Crippen LogP contribution in [0, 0.1) is 0 Å². The van der Waals surface area contributed by atoms with Crippen LogP contribution < -0.4 is 5.32 Å². The van der Waals surface area contributed by atoms with Crippen LogP contribution >= 0.6 is 0 Å². The van der Waals surface area contributed by atoms with Gasteiger partial charge in [-0.1, -0.05) is 104 Å². The predicted molar refractivity (Wildman–Crippen MR) is 171 cm³/mol. The summed E-state index contributed by atoms with van der Waals surface area (Å²) in [6.45, 7) is 3.83. The van der Waals surface area contributed by atoms with Gasteiger partial charge in [0.15, 0.2) is 0 Å². The average Bonchev–Trinajstić information content (AvgIpc) is 3.36. The summed E-state index contributed by atoms with van der Waals surface area (Å²) < 4.78 is 2.35. The first-order valence-corrected chi connectivity index (χ1v) is 13.6. The third kappa shape index (κ3) is 4.36. The molecule has 6 aromatic carbocycles. The lowest BCUT2D eigenvalue weighted by Gasteiger charge is -2.10. The van der Waals surface area contributed by atoms with Gasteiger partial charge in [-0.25, -0.2) is 0 Å². The Balaban J connectivity index is 1.15. The zero-order valence-corrected chi connectivity index (χ0v) is 22.1. The van der Waals surface area contributed by atoms with Crippen LogP contribution in [0.2, 0.25) is 0 Å². The second-order valence-electron chi connectivity index (χ2n) is 10.0. The molecule has 0 saturated heterocycles. The molecule has 1 aromatic heterocycles. The van der Waals surface area contributed by atoms with E-state index < -0.39 is 0 Å². The monoisotopic (exact) mass is 512 g/mol. The van der Waals surface area contributed by atoms with E-state index in [1.807, 2.05) is 6.08 Å². The van der Waals surface area contributed by atoms with Gasteiger partial charge in [-0.05, 0) is 82.4 Å². The van der Waals surface area contributed by atoms with Crippen molar-refractivity contribution in [2.75, 3.05) is 5.32 Å². The fourth-order valence-corrected chi connectivity index (χ4v) is 5.48. The van der Waals surface area contributed by atoms with E-state index in [1.165, 1.54) is 49.7 Å². The first kappa shape index (κ1) is 23.8. The summed E-state index contributed by atoms with van der Waals surface area (Å²) in [5.74, 6) is 0. The highest BCUT2D eigenvalue weighted by atomic mass is 15.0. The Morgan fingerprint density at radius 2 is 1.00 bits per heavy atom. The van der Waals surface area contributed by atoms with Gasteiger partial charge in [0.05, 0.1) is 11.0 Å². The molecule has 0 fully saturated rings. The molecule has 1 heterocycles. The lowest BCUT2D eigenvalue weighted by atomic mass is 10.0. The molecular weight excluding hydrogens is 484 g/mol. The van der Waals surface area contributed by atoms with Crippen molar-refractivity contribution < 1.29 is 0 Å². The van der Waals surface area contributed by atoms with Gasteiger partial charge in [-0.2, -0.15) is 0 Å². The minimum atomic E-state index is 1.06. The molecule has 0 saturated carbocycles. The van der Waals surface area contributed by atoms with Crippen LogP contribution in [0.15, 0.2) is 152 Å². The van der Waals surface area contributed by atoms with Crippen molar-refractivity contribution in [2.24, 2.45) is 0 Å². The average molecular weight is 513 g/mol. The Morgan fingerprint density at radius 3 is 1.65 bits per heavy atom. The van der Waals surface area contributed by atoms with Crippen molar-refractivity contribution in [1.29, 1.82) is 0 Å². The lowest BCUT2D eigenvalue weighted by Crippen LogP contribution is -1.93. The summed E-state index contributed by atoms with van der Waals surface area (Å²) in [7, 11) is 0. The summed E-state index contributed by atoms with van der Waals surface area (Å²) in [5.41, 5.74) is 11.7. The minimum Gasteiger partial charge on any atom is -0.356 e. The maximum atomic E-state index is 3.83. The van der Waals surface area contributed by atoms with Crippen molar-refractivity contribution in [3.8, 4) is 27.9 Å². The second-order valence-corrected chi connectivity index (χ2v) is 10.0. The molecule has 0 unspecified atom stereocenters. The SMILES string of the molecule is C=Cc1ccc(-c2ccc(Nc3ccc(-c4ccc5c(c4)c4ccccc4n5-c4ccccc4)cc3)cc2)cc1. The van der Waals surface area contributed by atoms with Gasteiger partial charge in [-0.3, -0.25) is 0 Å². The first-order chi connectivity index (χ1) is 19.8. The smallest absolute Gasteiger partial charge is 0.0541 e. The standard InChI is InChI=1S/C38H28N2/c1-2-27-12-14-28(15-13-27)29-16-21-32(22-17-29)39-33-23-18-30(19-24-33)31-20-25-38-36(26-31)35-10-6-7-11-37(35)40(38)34-8-4-3-5-9-34/h2-26,39H,1H2. The number of fused-ring (bicyclic) bond motifs is 3. The maximum absolute atomic E-state index is 3.83. The Bertz CT molecular complexity index is 1940. The number of para-hydroxylation sites is 2. The van der Waals surface area contributed by atoms with Crippen LogP contribution in [0.5, 0.6) is 0 Å². The third-order valence-corrected chi connectivity index (χ3v) is 7.56. The summed E-state index contributed by atoms with van der Waals surface area (Å²) in [6.07, 6.45) is 1.87. The highest BCUT2D eigenvalue weighted by Gasteiger charge is 2.13. The fraction of sp³-hybridized carbons (Fsp3) is 0. The fourth-order valence-electron chi connectivity index (χ4n) is 5.48. The van der Waals surface area contributed by atoms with E-state index >= 15 is 0 Å². The normalized spacial score (nSPS) is 11.1. The summed E-state index contributed by atoms with van der Waals surface area (Å²) in [4.78, 5) is 0. The number of anilines is 2. The zero-order chi connectivity index (χ0) is 26.9. The minimum absolute atomic E-state index is 1.06. The lowest BCUT2D eigenvalue weighted by molar-refractivity contribution is 1.18. The van der Waals surface area contributed by atoms with Gasteiger partial charge in [-0.15, -0.1) is 0 Å². The largest absolute Gasteiger partial charge is 0.356 e. The van der Waals surface area contributed by atoms with E-state index in [9.17, 15) is 0 Å². The number of nitrogens with one attached hydrogen (secondary N) is 1. The topological polar surface area (TPSA) is 17.0 Å². The molecule has 0 radical (unpaired) electrons. The molecule has 2 heteroatoms. The number of nitrogens with zero attached hydrogens (tertiary/aromatic N) is 1. The van der Waals surface area contributed by atoms with Crippen LogP contribution in [0.3, 0.4) is 0 Å². The van der Waals surface area contributed by atoms with Crippen molar-refractivity contribution in [2.45, 2.75) is 0 Å². The molecule has 190 valence electrons. The van der Waals surface area contributed by atoms with Crippen molar-refractivity contribution in [3.63, 3.8) is 0 Å². The Morgan fingerprint density at radius 1 is 0.475 bits per heavy atom. The molecule has 1 N–H and O–H groups in total. The summed E-state index contributed by atoms with van der Waals surface area (Å²) in [5, 5.41) is 6.07. The molecule has 40 heavy (non-hydrogen) atoms. The zero-order valence-electron chi connectivity index (χ0n) is 22.1. The molecule has 2 nitrogen and oxygen atoms in total. The van der Waals surface area contributed by atoms with Gasteiger partial charge in [0, 0.05) is 27.8 Å². The number of hydrogen-bond acceptors (Lipinski definition) is 1. The van der Waals surface area contributed by atoms with Gasteiger partial charge < -0.3 is 9.88 Å². The van der Waals surface area contributed by atoms with Crippen LogP contribution in [-0.4, -0.2) is 4.57 Å². The second kappa shape index (κ2) is 10.1. The molecule has 0 atom stereocenters. The number of hydrogen-bond donors (Lipinski definition) is 1. The van der Waals surface area contributed by atoms with Crippen molar-refractivity contribution >= 4 is 39.3 Å². The van der Waals surface area contributed by atoms with Gasteiger partial charge in [0.25, 0.3) is 0 Å². The predicted octanol–water partition coefficient (Wildman–Crippen LogP) is 10.5.